The minimum Gasteiger partial charge on any atom is -0.475 e. The highest BCUT2D eigenvalue weighted by Crippen LogP contribution is 2.52. The molecule has 0 bridgehead atoms. The average molecular weight is 235 g/mol. The van der Waals surface area contributed by atoms with Gasteiger partial charge < -0.3 is 5.32 Å². The third-order valence-electron chi connectivity index (χ3n) is 5.50. The Morgan fingerprint density at radius 3 is 2.65 bits per heavy atom. The Balaban J connectivity index is 2.36. The van der Waals surface area contributed by atoms with Crippen LogP contribution in [-0.4, -0.2) is 6.04 Å². The summed E-state index contributed by atoms with van der Waals surface area (Å²) >= 11 is 0. The van der Waals surface area contributed by atoms with E-state index in [0.29, 0.717) is 11.5 Å². The minimum atomic E-state index is 0.443. The predicted octanol–water partition coefficient (Wildman–Crippen LogP) is 3.14. The molecule has 1 fully saturated rings. The van der Waals surface area contributed by atoms with Crippen LogP contribution < -0.4 is 5.32 Å². The van der Waals surface area contributed by atoms with Crippen LogP contribution in [-0.2, 0) is 0 Å². The van der Waals surface area contributed by atoms with Crippen LogP contribution >= 0.6 is 0 Å². The molecular formula is C16H29N. The zero-order chi connectivity index (χ0) is 12.6. The number of quaternary nitrogens is 1. The normalized spacial score (nSPS) is 42.2. The number of rotatable bonds is 2. The molecule has 98 valence electrons. The van der Waals surface area contributed by atoms with Gasteiger partial charge in [-0.2, -0.15) is 7.05 Å². The predicted molar refractivity (Wildman–Crippen MR) is 73.2 cm³/mol. The quantitative estimate of drug-likeness (QED) is 0.559. The van der Waals surface area contributed by atoms with E-state index in [1.165, 1.54) is 25.7 Å². The standard InChI is InChI=1S/C16H29N/c1-11(2)14-7-6-13(4)16(10-14)9-8-12(3)15(16)17-5/h10-13,15H,5-9,17H2,1-4H3/t12-,13-,15+,16-/m0/s1. The van der Waals surface area contributed by atoms with Crippen molar-refractivity contribution < 1.29 is 5.32 Å². The molecular weight excluding hydrogens is 206 g/mol. The van der Waals surface area contributed by atoms with Crippen LogP contribution in [0, 0.1) is 30.2 Å². The van der Waals surface area contributed by atoms with Crippen molar-refractivity contribution in [2.24, 2.45) is 23.2 Å². The van der Waals surface area contributed by atoms with E-state index in [1.807, 2.05) is 0 Å². The summed E-state index contributed by atoms with van der Waals surface area (Å²) in [5.74, 6) is 2.37. The van der Waals surface area contributed by atoms with E-state index in [1.54, 1.807) is 5.57 Å². The van der Waals surface area contributed by atoms with E-state index in [9.17, 15) is 0 Å². The van der Waals surface area contributed by atoms with Crippen molar-refractivity contribution in [1.29, 1.82) is 0 Å². The highest BCUT2D eigenvalue weighted by atomic mass is 14.9. The molecule has 0 aromatic heterocycles. The SMILES string of the molecule is [CH2-][NH2+][C@@H]1[C@@H](C)CC[C@@]12C=C(C(C)C)CC[C@@H]2C. The van der Waals surface area contributed by atoms with Crippen LogP contribution in [0.25, 0.3) is 0 Å². The van der Waals surface area contributed by atoms with Gasteiger partial charge >= 0.3 is 0 Å². The summed E-state index contributed by atoms with van der Waals surface area (Å²) in [5.41, 5.74) is 2.14. The van der Waals surface area contributed by atoms with Crippen molar-refractivity contribution in [3.8, 4) is 0 Å². The molecule has 2 N–H and O–H groups in total. The van der Waals surface area contributed by atoms with Crippen LogP contribution in [0.5, 0.6) is 0 Å². The first-order valence-corrected chi connectivity index (χ1v) is 7.35. The molecule has 0 aliphatic heterocycles. The monoisotopic (exact) mass is 235 g/mol. The Bertz CT molecular complexity index is 305. The molecule has 17 heavy (non-hydrogen) atoms. The fourth-order valence-electron chi connectivity index (χ4n) is 4.22. The zero-order valence-electron chi connectivity index (χ0n) is 12.0. The molecule has 0 heterocycles. The number of hydrogen-bond donors (Lipinski definition) is 1. The molecule has 0 aromatic rings. The van der Waals surface area contributed by atoms with Gasteiger partial charge in [0.25, 0.3) is 0 Å². The van der Waals surface area contributed by atoms with Gasteiger partial charge in [0.05, 0.1) is 6.04 Å². The molecule has 4 atom stereocenters. The van der Waals surface area contributed by atoms with Crippen LogP contribution in [0.3, 0.4) is 0 Å². The smallest absolute Gasteiger partial charge is 0.0740 e. The Morgan fingerprint density at radius 1 is 1.35 bits per heavy atom. The summed E-state index contributed by atoms with van der Waals surface area (Å²) in [6, 6.07) is 0.701. The molecule has 2 aliphatic rings. The van der Waals surface area contributed by atoms with Gasteiger partial charge in [-0.1, -0.05) is 39.3 Å². The molecule has 2 aliphatic carbocycles. The first-order chi connectivity index (χ1) is 8.01. The largest absolute Gasteiger partial charge is 0.475 e. The summed E-state index contributed by atoms with van der Waals surface area (Å²) in [6.07, 6.45) is 8.12. The average Bonchev–Trinajstić information content (AvgIpc) is 2.60. The maximum atomic E-state index is 4.12. The summed E-state index contributed by atoms with van der Waals surface area (Å²) < 4.78 is 0. The highest BCUT2D eigenvalue weighted by molar-refractivity contribution is 5.21. The summed E-state index contributed by atoms with van der Waals surface area (Å²) in [7, 11) is 4.12. The minimum absolute atomic E-state index is 0.443. The van der Waals surface area contributed by atoms with Crippen molar-refractivity contribution in [2.75, 3.05) is 0 Å². The van der Waals surface area contributed by atoms with Crippen LogP contribution in [0.4, 0.5) is 0 Å². The molecule has 0 amide bonds. The molecule has 1 nitrogen and oxygen atoms in total. The van der Waals surface area contributed by atoms with Crippen molar-refractivity contribution in [1.82, 2.24) is 0 Å². The maximum absolute atomic E-state index is 4.12. The second-order valence-electron chi connectivity index (χ2n) is 6.70. The third-order valence-corrected chi connectivity index (χ3v) is 5.50. The van der Waals surface area contributed by atoms with Crippen molar-refractivity contribution in [3.63, 3.8) is 0 Å². The third kappa shape index (κ3) is 2.07. The Labute approximate surface area is 107 Å². The lowest BCUT2D eigenvalue weighted by Gasteiger charge is -2.43. The first kappa shape index (κ1) is 13.1. The molecule has 1 saturated carbocycles. The van der Waals surface area contributed by atoms with Crippen molar-refractivity contribution in [3.05, 3.63) is 18.7 Å². The molecule has 0 unspecified atom stereocenters. The molecule has 0 aromatic carbocycles. The summed E-state index contributed by atoms with van der Waals surface area (Å²) in [6.45, 7) is 9.56. The highest BCUT2D eigenvalue weighted by Gasteiger charge is 2.51. The van der Waals surface area contributed by atoms with Gasteiger partial charge in [-0.05, 0) is 37.5 Å². The van der Waals surface area contributed by atoms with Crippen LogP contribution in [0.15, 0.2) is 11.6 Å². The van der Waals surface area contributed by atoms with Gasteiger partial charge in [0.2, 0.25) is 0 Å². The van der Waals surface area contributed by atoms with Gasteiger partial charge in [-0.15, -0.1) is 0 Å². The molecule has 1 spiro atoms. The number of hydrogen-bond acceptors (Lipinski definition) is 0. The molecule has 1 heteroatoms. The molecule has 2 rings (SSSR count). The lowest BCUT2D eigenvalue weighted by Crippen LogP contribution is -2.88. The van der Waals surface area contributed by atoms with Crippen molar-refractivity contribution in [2.45, 2.75) is 59.4 Å². The maximum Gasteiger partial charge on any atom is 0.0740 e. The van der Waals surface area contributed by atoms with E-state index in [4.69, 9.17) is 0 Å². The molecule has 0 saturated heterocycles. The van der Waals surface area contributed by atoms with E-state index >= 15 is 0 Å². The second-order valence-corrected chi connectivity index (χ2v) is 6.70. The fraction of sp³-hybridized carbons (Fsp3) is 0.812. The topological polar surface area (TPSA) is 16.6 Å². The lowest BCUT2D eigenvalue weighted by atomic mass is 9.64. The Kier molecular flexibility index (Phi) is 3.68. The van der Waals surface area contributed by atoms with Gasteiger partial charge in [0, 0.05) is 11.3 Å². The number of allylic oxidation sites excluding steroid dienone is 1. The van der Waals surface area contributed by atoms with Gasteiger partial charge in [-0.3, -0.25) is 0 Å². The second kappa shape index (κ2) is 4.76. The Hall–Kier alpha value is -0.300. The molecule has 0 radical (unpaired) electrons. The van der Waals surface area contributed by atoms with Crippen LogP contribution in [0.2, 0.25) is 0 Å². The van der Waals surface area contributed by atoms with Gasteiger partial charge in [0.15, 0.2) is 0 Å². The fourth-order valence-corrected chi connectivity index (χ4v) is 4.22. The van der Waals surface area contributed by atoms with Crippen LogP contribution in [0.1, 0.15) is 53.4 Å². The zero-order valence-corrected chi connectivity index (χ0v) is 12.0. The van der Waals surface area contributed by atoms with E-state index in [-0.39, 0.29) is 0 Å². The van der Waals surface area contributed by atoms with E-state index in [2.05, 4.69) is 46.1 Å². The van der Waals surface area contributed by atoms with E-state index < -0.39 is 0 Å². The van der Waals surface area contributed by atoms with Gasteiger partial charge in [0.1, 0.15) is 0 Å². The summed E-state index contributed by atoms with van der Waals surface area (Å²) in [5, 5.41) is 2.24. The Morgan fingerprint density at radius 2 is 2.06 bits per heavy atom. The van der Waals surface area contributed by atoms with Crippen molar-refractivity contribution >= 4 is 0 Å². The van der Waals surface area contributed by atoms with E-state index in [0.717, 1.165) is 17.8 Å². The van der Waals surface area contributed by atoms with Gasteiger partial charge in [-0.25, -0.2) is 0 Å². The number of nitrogens with two attached hydrogens (primary N) is 1. The first-order valence-electron chi connectivity index (χ1n) is 7.35. The summed E-state index contributed by atoms with van der Waals surface area (Å²) in [4.78, 5) is 0. The lowest BCUT2D eigenvalue weighted by molar-refractivity contribution is -0.652.